The van der Waals surface area contributed by atoms with Crippen LogP contribution in [0.4, 0.5) is 17.1 Å². The first-order valence-electron chi connectivity index (χ1n) is 10.2. The second-order valence-electron chi connectivity index (χ2n) is 7.46. The highest BCUT2D eigenvalue weighted by Gasteiger charge is 2.23. The number of anilines is 3. The van der Waals surface area contributed by atoms with Crippen LogP contribution in [-0.2, 0) is 21.2 Å². The first kappa shape index (κ1) is 21.5. The Bertz CT molecular complexity index is 1160. The van der Waals surface area contributed by atoms with Gasteiger partial charge in [0.1, 0.15) is 4.21 Å². The molecule has 1 amide bonds. The number of benzene rings is 2. The normalized spacial score (nSPS) is 13.4. The van der Waals surface area contributed by atoms with Crippen LogP contribution >= 0.6 is 11.3 Å². The molecule has 0 aliphatic carbocycles. The summed E-state index contributed by atoms with van der Waals surface area (Å²) in [7, 11) is -1.94. The molecule has 31 heavy (non-hydrogen) atoms. The van der Waals surface area contributed by atoms with Crippen LogP contribution in [0.2, 0.25) is 0 Å². The quantitative estimate of drug-likeness (QED) is 0.544. The molecule has 2 aromatic carbocycles. The molecule has 4 rings (SSSR count). The molecule has 0 spiro atoms. The molecule has 0 saturated carbocycles. The van der Waals surface area contributed by atoms with Crippen molar-refractivity contribution in [3.8, 4) is 0 Å². The summed E-state index contributed by atoms with van der Waals surface area (Å²) in [4.78, 5) is 14.8. The highest BCUT2D eigenvalue weighted by Crippen LogP contribution is 2.38. The Balaban J connectivity index is 1.37. The Morgan fingerprint density at radius 3 is 2.58 bits per heavy atom. The van der Waals surface area contributed by atoms with E-state index in [0.29, 0.717) is 10.6 Å². The van der Waals surface area contributed by atoms with E-state index in [0.717, 1.165) is 24.3 Å². The summed E-state index contributed by atoms with van der Waals surface area (Å²) in [6.45, 7) is 1.16. The van der Waals surface area contributed by atoms with Crippen LogP contribution in [0.1, 0.15) is 18.4 Å². The van der Waals surface area contributed by atoms with Crippen molar-refractivity contribution in [3.05, 3.63) is 71.6 Å². The van der Waals surface area contributed by atoms with E-state index in [1.807, 2.05) is 36.4 Å². The van der Waals surface area contributed by atoms with Crippen molar-refractivity contribution in [2.75, 3.05) is 30.4 Å². The second-order valence-corrected chi connectivity index (χ2v) is 10.7. The number of hydrogen-bond donors (Lipinski definition) is 1. The molecular formula is C23H25N3O3S2. The Hall–Kier alpha value is -2.68. The summed E-state index contributed by atoms with van der Waals surface area (Å²) in [5.74, 6) is -0.123. The van der Waals surface area contributed by atoms with Crippen LogP contribution in [0.5, 0.6) is 0 Å². The van der Waals surface area contributed by atoms with Crippen LogP contribution in [0.3, 0.4) is 0 Å². The van der Waals surface area contributed by atoms with Gasteiger partial charge in [0.25, 0.3) is 10.0 Å². The molecule has 0 unspecified atom stereocenters. The Morgan fingerprint density at radius 2 is 1.81 bits per heavy atom. The van der Waals surface area contributed by atoms with Crippen molar-refractivity contribution in [1.29, 1.82) is 0 Å². The van der Waals surface area contributed by atoms with Crippen molar-refractivity contribution in [1.82, 2.24) is 4.31 Å². The molecule has 0 radical (unpaired) electrons. The number of amides is 1. The first-order chi connectivity index (χ1) is 15.0. The molecule has 6 nitrogen and oxygen atoms in total. The van der Waals surface area contributed by atoms with Gasteiger partial charge in [0.2, 0.25) is 5.91 Å². The molecule has 1 aliphatic heterocycles. The van der Waals surface area contributed by atoms with Gasteiger partial charge in [0, 0.05) is 32.2 Å². The summed E-state index contributed by atoms with van der Waals surface area (Å²) in [5, 5.41) is 4.75. The van der Waals surface area contributed by atoms with Crippen LogP contribution in [0, 0.1) is 0 Å². The molecule has 8 heteroatoms. The third kappa shape index (κ3) is 4.66. The van der Waals surface area contributed by atoms with E-state index in [1.165, 1.54) is 26.9 Å². The number of carbonyl (C=O) groups is 1. The molecule has 162 valence electrons. The van der Waals surface area contributed by atoms with Crippen molar-refractivity contribution in [2.45, 2.75) is 23.5 Å². The highest BCUT2D eigenvalue weighted by molar-refractivity contribution is 7.91. The van der Waals surface area contributed by atoms with E-state index in [4.69, 9.17) is 0 Å². The van der Waals surface area contributed by atoms with Gasteiger partial charge in [-0.15, -0.1) is 11.3 Å². The van der Waals surface area contributed by atoms with Gasteiger partial charge in [-0.25, -0.2) is 12.7 Å². The number of nitrogens with one attached hydrogen (secondary N) is 1. The highest BCUT2D eigenvalue weighted by atomic mass is 32.2. The predicted octanol–water partition coefficient (Wildman–Crippen LogP) is 4.48. The number of fused-ring (bicyclic) bond motifs is 1. The molecule has 1 aliphatic rings. The van der Waals surface area contributed by atoms with E-state index in [1.54, 1.807) is 24.6 Å². The minimum Gasteiger partial charge on any atom is -0.339 e. The molecule has 1 N–H and O–H groups in total. The van der Waals surface area contributed by atoms with Crippen molar-refractivity contribution in [2.24, 2.45) is 0 Å². The Morgan fingerprint density at radius 1 is 1.06 bits per heavy atom. The minimum absolute atomic E-state index is 0.123. The van der Waals surface area contributed by atoms with E-state index in [9.17, 15) is 13.2 Å². The number of thiophene rings is 1. The lowest BCUT2D eigenvalue weighted by Crippen LogP contribution is -2.28. The number of nitrogens with zero attached hydrogens (tertiary/aromatic N) is 2. The van der Waals surface area contributed by atoms with E-state index < -0.39 is 10.0 Å². The lowest BCUT2D eigenvalue weighted by molar-refractivity contribution is -0.116. The van der Waals surface area contributed by atoms with Crippen LogP contribution in [0.15, 0.2) is 70.3 Å². The van der Waals surface area contributed by atoms with Gasteiger partial charge in [-0.2, -0.15) is 0 Å². The molecule has 1 aromatic heterocycles. The number of para-hydroxylation sites is 3. The largest absolute Gasteiger partial charge is 0.339 e. The SMILES string of the molecule is CN(CCCC(=O)Nc1ccccc1N1CCc2ccccc21)S(=O)(=O)c1cccs1. The van der Waals surface area contributed by atoms with Crippen LogP contribution in [0.25, 0.3) is 0 Å². The van der Waals surface area contributed by atoms with Crippen molar-refractivity contribution < 1.29 is 13.2 Å². The molecule has 3 aromatic rings. The van der Waals surface area contributed by atoms with E-state index >= 15 is 0 Å². The average molecular weight is 456 g/mol. The fourth-order valence-corrected chi connectivity index (χ4v) is 6.17. The zero-order valence-corrected chi connectivity index (χ0v) is 19.0. The van der Waals surface area contributed by atoms with Gasteiger partial charge in [0.15, 0.2) is 0 Å². The summed E-state index contributed by atoms with van der Waals surface area (Å²) >= 11 is 1.19. The van der Waals surface area contributed by atoms with Gasteiger partial charge >= 0.3 is 0 Å². The third-order valence-corrected chi connectivity index (χ3v) is 8.62. The maximum atomic E-state index is 12.6. The summed E-state index contributed by atoms with van der Waals surface area (Å²) < 4.78 is 26.6. The van der Waals surface area contributed by atoms with Gasteiger partial charge in [-0.1, -0.05) is 36.4 Å². The number of rotatable bonds is 8. The molecule has 0 bridgehead atoms. The van der Waals surface area contributed by atoms with Gasteiger partial charge in [0.05, 0.1) is 11.4 Å². The molecule has 0 fully saturated rings. The smallest absolute Gasteiger partial charge is 0.252 e. The zero-order chi connectivity index (χ0) is 21.8. The van der Waals surface area contributed by atoms with E-state index in [-0.39, 0.29) is 18.9 Å². The molecule has 0 atom stereocenters. The fourth-order valence-electron chi connectivity index (χ4n) is 3.76. The third-order valence-electron chi connectivity index (χ3n) is 5.39. The number of sulfonamides is 1. The minimum atomic E-state index is -3.49. The fraction of sp³-hybridized carbons (Fsp3) is 0.261. The predicted molar refractivity (Wildman–Crippen MR) is 126 cm³/mol. The Kier molecular flexibility index (Phi) is 6.41. The monoisotopic (exact) mass is 455 g/mol. The summed E-state index contributed by atoms with van der Waals surface area (Å²) in [6, 6.07) is 19.4. The maximum Gasteiger partial charge on any atom is 0.252 e. The lowest BCUT2D eigenvalue weighted by Gasteiger charge is -2.23. The first-order valence-corrected chi connectivity index (χ1v) is 12.5. The van der Waals surface area contributed by atoms with Crippen molar-refractivity contribution >= 4 is 44.3 Å². The van der Waals surface area contributed by atoms with Crippen LogP contribution in [-0.4, -0.2) is 38.8 Å². The standard InChI is InChI=1S/C23H25N3O3S2/c1-25(31(28,29)23-13-7-17-30-23)15-6-12-22(27)24-19-9-3-5-11-21(19)26-16-14-18-8-2-4-10-20(18)26/h2-5,7-11,13,17H,6,12,14-16H2,1H3,(H,24,27). The van der Waals surface area contributed by atoms with Gasteiger partial charge in [-0.3, -0.25) is 4.79 Å². The number of carbonyl (C=O) groups excluding carboxylic acids is 1. The Labute approximate surface area is 187 Å². The lowest BCUT2D eigenvalue weighted by atomic mass is 10.1. The molecule has 0 saturated heterocycles. The number of hydrogen-bond acceptors (Lipinski definition) is 5. The van der Waals surface area contributed by atoms with Crippen LogP contribution < -0.4 is 10.2 Å². The maximum absolute atomic E-state index is 12.6. The van der Waals surface area contributed by atoms with Gasteiger partial charge in [-0.05, 0) is 48.1 Å². The second kappa shape index (κ2) is 9.21. The molecule has 2 heterocycles. The average Bonchev–Trinajstić information content (AvgIpc) is 3.45. The summed E-state index contributed by atoms with van der Waals surface area (Å²) in [6.07, 6.45) is 1.67. The zero-order valence-electron chi connectivity index (χ0n) is 17.3. The summed E-state index contributed by atoms with van der Waals surface area (Å²) in [5.41, 5.74) is 4.21. The van der Waals surface area contributed by atoms with Crippen molar-refractivity contribution in [3.63, 3.8) is 0 Å². The topological polar surface area (TPSA) is 69.7 Å². The molecular weight excluding hydrogens is 430 g/mol. The van der Waals surface area contributed by atoms with Gasteiger partial charge < -0.3 is 10.2 Å². The van der Waals surface area contributed by atoms with E-state index in [2.05, 4.69) is 22.3 Å².